The van der Waals surface area contributed by atoms with E-state index in [0.29, 0.717) is 12.3 Å². The maximum atomic E-state index is 12.5. The topological polar surface area (TPSA) is 90.3 Å². The molecule has 0 aromatic heterocycles. The standard InChI is InChI=1S/C14H20N2O5/c1-21-10-8-15(7-9-17)14(20)16(11-13(18)19)12-5-3-2-4-6-12/h2-6,17H,7-11H2,1H3,(H,18,19). The van der Waals surface area contributed by atoms with Crippen LogP contribution in [0.1, 0.15) is 0 Å². The number of carbonyl (C=O) groups is 2. The summed E-state index contributed by atoms with van der Waals surface area (Å²) in [7, 11) is 1.51. The molecule has 0 spiro atoms. The third-order valence-corrected chi connectivity index (χ3v) is 2.80. The summed E-state index contributed by atoms with van der Waals surface area (Å²) < 4.78 is 4.93. The summed E-state index contributed by atoms with van der Waals surface area (Å²) in [5, 5.41) is 18.0. The third-order valence-electron chi connectivity index (χ3n) is 2.80. The van der Waals surface area contributed by atoms with Crippen LogP contribution in [0, 0.1) is 0 Å². The van der Waals surface area contributed by atoms with E-state index in [0.717, 1.165) is 4.90 Å². The molecule has 0 heterocycles. The van der Waals surface area contributed by atoms with Crippen molar-refractivity contribution in [2.75, 3.05) is 44.9 Å². The lowest BCUT2D eigenvalue weighted by atomic mass is 10.3. The molecule has 0 saturated carbocycles. The lowest BCUT2D eigenvalue weighted by Gasteiger charge is -2.29. The highest BCUT2D eigenvalue weighted by Gasteiger charge is 2.23. The zero-order valence-corrected chi connectivity index (χ0v) is 11.9. The second kappa shape index (κ2) is 8.93. The maximum Gasteiger partial charge on any atom is 0.325 e. The molecule has 0 unspecified atom stereocenters. The normalized spacial score (nSPS) is 10.2. The number of aliphatic hydroxyl groups is 1. The molecule has 116 valence electrons. The van der Waals surface area contributed by atoms with E-state index in [1.807, 2.05) is 0 Å². The number of amides is 2. The molecule has 1 aromatic carbocycles. The number of carboxylic acid groups (broad SMARTS) is 1. The van der Waals surface area contributed by atoms with E-state index in [-0.39, 0.29) is 19.7 Å². The summed E-state index contributed by atoms with van der Waals surface area (Å²) in [6.45, 7) is 0.0499. The van der Waals surface area contributed by atoms with Gasteiger partial charge >= 0.3 is 12.0 Å². The van der Waals surface area contributed by atoms with Crippen LogP contribution in [0.15, 0.2) is 30.3 Å². The largest absolute Gasteiger partial charge is 0.480 e. The monoisotopic (exact) mass is 296 g/mol. The number of aliphatic hydroxyl groups excluding tert-OH is 1. The van der Waals surface area contributed by atoms with Gasteiger partial charge in [0.2, 0.25) is 0 Å². The van der Waals surface area contributed by atoms with Crippen molar-refractivity contribution in [3.63, 3.8) is 0 Å². The molecular weight excluding hydrogens is 276 g/mol. The number of aliphatic carboxylic acids is 1. The molecule has 0 saturated heterocycles. The molecular formula is C14H20N2O5. The van der Waals surface area contributed by atoms with Crippen LogP contribution in [0.3, 0.4) is 0 Å². The highest BCUT2D eigenvalue weighted by Crippen LogP contribution is 2.15. The van der Waals surface area contributed by atoms with Crippen LogP contribution < -0.4 is 4.90 Å². The van der Waals surface area contributed by atoms with Gasteiger partial charge in [-0.05, 0) is 12.1 Å². The van der Waals surface area contributed by atoms with Gasteiger partial charge in [-0.3, -0.25) is 9.69 Å². The van der Waals surface area contributed by atoms with Crippen LogP contribution in [0.4, 0.5) is 10.5 Å². The highest BCUT2D eigenvalue weighted by atomic mass is 16.5. The van der Waals surface area contributed by atoms with Gasteiger partial charge in [0, 0.05) is 25.9 Å². The average molecular weight is 296 g/mol. The summed E-state index contributed by atoms with van der Waals surface area (Å²) in [6, 6.07) is 8.08. The number of nitrogens with zero attached hydrogens (tertiary/aromatic N) is 2. The molecule has 7 nitrogen and oxygen atoms in total. The Kier molecular flexibility index (Phi) is 7.20. The highest BCUT2D eigenvalue weighted by molar-refractivity contribution is 5.96. The van der Waals surface area contributed by atoms with Crippen molar-refractivity contribution in [3.8, 4) is 0 Å². The summed E-state index contributed by atoms with van der Waals surface area (Å²) in [5.74, 6) is -1.11. The first-order chi connectivity index (χ1) is 10.1. The first kappa shape index (κ1) is 16.9. The van der Waals surface area contributed by atoms with E-state index in [1.54, 1.807) is 30.3 Å². The summed E-state index contributed by atoms with van der Waals surface area (Å²) >= 11 is 0. The van der Waals surface area contributed by atoms with Crippen molar-refractivity contribution >= 4 is 17.7 Å². The van der Waals surface area contributed by atoms with Crippen LogP contribution in [-0.2, 0) is 9.53 Å². The van der Waals surface area contributed by atoms with E-state index < -0.39 is 18.5 Å². The Hall–Kier alpha value is -2.12. The van der Waals surface area contributed by atoms with Crippen LogP contribution in [0.25, 0.3) is 0 Å². The van der Waals surface area contributed by atoms with Crippen molar-refractivity contribution in [3.05, 3.63) is 30.3 Å². The van der Waals surface area contributed by atoms with E-state index in [1.165, 1.54) is 12.0 Å². The number of hydrogen-bond donors (Lipinski definition) is 2. The summed E-state index contributed by atoms with van der Waals surface area (Å²) in [4.78, 5) is 26.0. The van der Waals surface area contributed by atoms with Crippen LogP contribution >= 0.6 is 0 Å². The molecule has 2 N–H and O–H groups in total. The summed E-state index contributed by atoms with van der Waals surface area (Å²) in [5.41, 5.74) is 0.491. The lowest BCUT2D eigenvalue weighted by molar-refractivity contribution is -0.135. The molecule has 0 aliphatic carbocycles. The van der Waals surface area contributed by atoms with Gasteiger partial charge in [0.05, 0.1) is 13.2 Å². The molecule has 0 aliphatic rings. The fraction of sp³-hybridized carbons (Fsp3) is 0.429. The zero-order valence-electron chi connectivity index (χ0n) is 11.9. The number of hydrogen-bond acceptors (Lipinski definition) is 4. The SMILES string of the molecule is COCCN(CCO)C(=O)N(CC(=O)O)c1ccccc1. The van der Waals surface area contributed by atoms with Gasteiger partial charge in [0.1, 0.15) is 6.54 Å². The van der Waals surface area contributed by atoms with Crippen LogP contribution in [0.5, 0.6) is 0 Å². The second-order valence-corrected chi connectivity index (χ2v) is 4.30. The molecule has 0 radical (unpaired) electrons. The fourth-order valence-corrected chi connectivity index (χ4v) is 1.81. The van der Waals surface area contributed by atoms with Gasteiger partial charge in [-0.2, -0.15) is 0 Å². The van der Waals surface area contributed by atoms with Crippen molar-refractivity contribution < 1.29 is 24.5 Å². The van der Waals surface area contributed by atoms with E-state index >= 15 is 0 Å². The molecule has 2 amide bonds. The Morgan fingerprint density at radius 2 is 1.86 bits per heavy atom. The van der Waals surface area contributed by atoms with Crippen molar-refractivity contribution in [1.82, 2.24) is 4.90 Å². The summed E-state index contributed by atoms with van der Waals surface area (Å²) in [6.07, 6.45) is 0. The Morgan fingerprint density at radius 1 is 1.19 bits per heavy atom. The zero-order chi connectivity index (χ0) is 15.7. The molecule has 0 aliphatic heterocycles. The van der Waals surface area contributed by atoms with Gasteiger partial charge in [-0.25, -0.2) is 4.79 Å². The van der Waals surface area contributed by atoms with Gasteiger partial charge in [-0.15, -0.1) is 0 Å². The molecule has 1 rings (SSSR count). The van der Waals surface area contributed by atoms with Gasteiger partial charge in [0.15, 0.2) is 0 Å². The number of benzene rings is 1. The van der Waals surface area contributed by atoms with Gasteiger partial charge < -0.3 is 19.8 Å². The number of methoxy groups -OCH3 is 1. The van der Waals surface area contributed by atoms with Gasteiger partial charge in [0.25, 0.3) is 0 Å². The van der Waals surface area contributed by atoms with Crippen molar-refractivity contribution in [2.45, 2.75) is 0 Å². The first-order valence-corrected chi connectivity index (χ1v) is 6.53. The number of urea groups is 1. The minimum absolute atomic E-state index is 0.116. The molecule has 0 atom stereocenters. The Labute approximate surface area is 123 Å². The minimum atomic E-state index is -1.11. The number of para-hydroxylation sites is 1. The van der Waals surface area contributed by atoms with Crippen molar-refractivity contribution in [2.24, 2.45) is 0 Å². The number of rotatable bonds is 8. The Balaban J connectivity index is 2.94. The lowest BCUT2D eigenvalue weighted by Crippen LogP contribution is -2.47. The van der Waals surface area contributed by atoms with Crippen molar-refractivity contribution in [1.29, 1.82) is 0 Å². The average Bonchev–Trinajstić information content (AvgIpc) is 2.49. The van der Waals surface area contributed by atoms with Crippen LogP contribution in [-0.4, -0.2) is 67.1 Å². The first-order valence-electron chi connectivity index (χ1n) is 6.53. The number of carbonyl (C=O) groups excluding carboxylic acids is 1. The van der Waals surface area contributed by atoms with Gasteiger partial charge in [-0.1, -0.05) is 18.2 Å². The number of ether oxygens (including phenoxy) is 1. The molecule has 7 heteroatoms. The maximum absolute atomic E-state index is 12.5. The quantitative estimate of drug-likeness (QED) is 0.734. The predicted molar refractivity (Wildman–Crippen MR) is 77.4 cm³/mol. The molecule has 21 heavy (non-hydrogen) atoms. The number of carboxylic acids is 1. The Morgan fingerprint density at radius 3 is 2.38 bits per heavy atom. The van der Waals surface area contributed by atoms with Crippen LogP contribution in [0.2, 0.25) is 0 Å². The molecule has 0 bridgehead atoms. The Bertz CT molecular complexity index is 452. The minimum Gasteiger partial charge on any atom is -0.480 e. The van der Waals surface area contributed by atoms with E-state index in [9.17, 15) is 9.59 Å². The number of anilines is 1. The fourth-order valence-electron chi connectivity index (χ4n) is 1.81. The predicted octanol–water partition coefficient (Wildman–Crippen LogP) is 0.638. The molecule has 1 aromatic rings. The van der Waals surface area contributed by atoms with E-state index in [2.05, 4.69) is 0 Å². The van der Waals surface area contributed by atoms with E-state index in [4.69, 9.17) is 14.9 Å². The molecule has 0 fully saturated rings. The third kappa shape index (κ3) is 5.41. The second-order valence-electron chi connectivity index (χ2n) is 4.30. The smallest absolute Gasteiger partial charge is 0.325 e.